The average Bonchev–Trinajstić information content (AvgIpc) is 3.12. The molecule has 0 atom stereocenters. The van der Waals surface area contributed by atoms with Gasteiger partial charge < -0.3 is 10.1 Å². The van der Waals surface area contributed by atoms with E-state index in [1.165, 1.54) is 0 Å². The van der Waals surface area contributed by atoms with E-state index in [0.717, 1.165) is 28.6 Å². The molecular weight excluding hydrogens is 282 g/mol. The number of hydrogen-bond acceptors (Lipinski definition) is 2. The molecular formula is C13H12BrNO2. The van der Waals surface area contributed by atoms with Gasteiger partial charge in [0.1, 0.15) is 12.4 Å². The highest BCUT2D eigenvalue weighted by atomic mass is 79.9. The summed E-state index contributed by atoms with van der Waals surface area (Å²) in [5, 5.41) is 2.97. The molecule has 1 amide bonds. The van der Waals surface area contributed by atoms with Gasteiger partial charge in [0.15, 0.2) is 0 Å². The van der Waals surface area contributed by atoms with Crippen LogP contribution in [0.4, 0.5) is 0 Å². The summed E-state index contributed by atoms with van der Waals surface area (Å²) in [5.74, 6) is 0.828. The van der Waals surface area contributed by atoms with Crippen molar-refractivity contribution in [2.45, 2.75) is 18.9 Å². The van der Waals surface area contributed by atoms with Gasteiger partial charge in [0.05, 0.1) is 5.57 Å². The third-order valence-electron chi connectivity index (χ3n) is 2.89. The van der Waals surface area contributed by atoms with Crippen LogP contribution in [0.25, 0.3) is 6.08 Å². The zero-order valence-electron chi connectivity index (χ0n) is 9.20. The Morgan fingerprint density at radius 1 is 1.41 bits per heavy atom. The fraction of sp³-hybridized carbons (Fsp3) is 0.308. The summed E-state index contributed by atoms with van der Waals surface area (Å²) in [7, 11) is 0. The van der Waals surface area contributed by atoms with Gasteiger partial charge in [-0.3, -0.25) is 4.79 Å². The zero-order valence-corrected chi connectivity index (χ0v) is 10.8. The highest BCUT2D eigenvalue weighted by molar-refractivity contribution is 9.10. The Kier molecular flexibility index (Phi) is 2.67. The van der Waals surface area contributed by atoms with Gasteiger partial charge in [0.2, 0.25) is 0 Å². The second-order valence-corrected chi connectivity index (χ2v) is 5.30. The van der Waals surface area contributed by atoms with Gasteiger partial charge in [-0.15, -0.1) is 0 Å². The molecule has 1 aliphatic heterocycles. The summed E-state index contributed by atoms with van der Waals surface area (Å²) < 4.78 is 6.55. The van der Waals surface area contributed by atoms with Gasteiger partial charge in [0, 0.05) is 16.1 Å². The number of ether oxygens (including phenoxy) is 1. The lowest BCUT2D eigenvalue weighted by Gasteiger charge is -2.17. The van der Waals surface area contributed by atoms with Crippen molar-refractivity contribution in [1.29, 1.82) is 0 Å². The topological polar surface area (TPSA) is 38.3 Å². The summed E-state index contributed by atoms with van der Waals surface area (Å²) in [5.41, 5.74) is 1.65. The van der Waals surface area contributed by atoms with E-state index in [0.29, 0.717) is 18.2 Å². The lowest BCUT2D eigenvalue weighted by atomic mass is 10.1. The molecule has 1 aromatic rings. The first-order valence-electron chi connectivity index (χ1n) is 5.66. The average molecular weight is 294 g/mol. The number of rotatable bonds is 2. The maximum Gasteiger partial charge on any atom is 0.250 e. The molecule has 0 bridgehead atoms. The molecule has 1 fully saturated rings. The number of fused-ring (bicyclic) bond motifs is 1. The van der Waals surface area contributed by atoms with Crippen LogP contribution in [0.2, 0.25) is 0 Å². The molecule has 2 aliphatic rings. The lowest BCUT2D eigenvalue weighted by Crippen LogP contribution is -2.30. The van der Waals surface area contributed by atoms with E-state index in [1.807, 2.05) is 24.3 Å². The van der Waals surface area contributed by atoms with Gasteiger partial charge in [-0.05, 0) is 37.1 Å². The number of halogens is 1. The quantitative estimate of drug-likeness (QED) is 0.910. The molecule has 17 heavy (non-hydrogen) atoms. The lowest BCUT2D eigenvalue weighted by molar-refractivity contribution is -0.117. The smallest absolute Gasteiger partial charge is 0.250 e. The fourth-order valence-electron chi connectivity index (χ4n) is 1.79. The third-order valence-corrected chi connectivity index (χ3v) is 3.38. The van der Waals surface area contributed by atoms with Crippen LogP contribution in [-0.4, -0.2) is 18.6 Å². The Bertz CT molecular complexity index is 506. The minimum atomic E-state index is -0.00174. The van der Waals surface area contributed by atoms with Crippen LogP contribution in [-0.2, 0) is 4.79 Å². The van der Waals surface area contributed by atoms with E-state index in [-0.39, 0.29) is 5.91 Å². The Morgan fingerprint density at radius 3 is 3.00 bits per heavy atom. The van der Waals surface area contributed by atoms with Crippen LogP contribution in [0.1, 0.15) is 18.4 Å². The fourth-order valence-corrected chi connectivity index (χ4v) is 2.16. The first-order chi connectivity index (χ1) is 8.22. The molecule has 1 heterocycles. The first kappa shape index (κ1) is 10.8. The van der Waals surface area contributed by atoms with Crippen LogP contribution in [0, 0.1) is 0 Å². The molecule has 3 rings (SSSR count). The molecule has 1 saturated carbocycles. The minimum absolute atomic E-state index is 0.00174. The molecule has 1 aliphatic carbocycles. The standard InChI is InChI=1S/C13H12BrNO2/c14-10-1-4-12-8(6-10)5-9(7-17-12)13(16)15-11-2-3-11/h1,4-6,11H,2-3,7H2,(H,15,16). The van der Waals surface area contributed by atoms with E-state index in [9.17, 15) is 4.79 Å². The maximum atomic E-state index is 11.9. The van der Waals surface area contributed by atoms with Crippen molar-refractivity contribution < 1.29 is 9.53 Å². The molecule has 0 spiro atoms. The second-order valence-electron chi connectivity index (χ2n) is 4.39. The highest BCUT2D eigenvalue weighted by Crippen LogP contribution is 2.29. The zero-order chi connectivity index (χ0) is 11.8. The van der Waals surface area contributed by atoms with Crippen molar-refractivity contribution in [3.63, 3.8) is 0 Å². The molecule has 0 unspecified atom stereocenters. The Labute approximate surface area is 108 Å². The SMILES string of the molecule is O=C(NC1CC1)C1=Cc2cc(Br)ccc2OC1. The van der Waals surface area contributed by atoms with Crippen molar-refractivity contribution in [3.8, 4) is 5.75 Å². The highest BCUT2D eigenvalue weighted by Gasteiger charge is 2.26. The normalized spacial score (nSPS) is 17.8. The molecule has 0 radical (unpaired) electrons. The summed E-state index contributed by atoms with van der Waals surface area (Å²) in [6.45, 7) is 0.354. The van der Waals surface area contributed by atoms with Crippen LogP contribution in [0.3, 0.4) is 0 Å². The van der Waals surface area contributed by atoms with Crippen molar-refractivity contribution in [1.82, 2.24) is 5.32 Å². The number of carbonyl (C=O) groups is 1. The van der Waals surface area contributed by atoms with Gasteiger partial charge >= 0.3 is 0 Å². The molecule has 3 nitrogen and oxygen atoms in total. The Morgan fingerprint density at radius 2 is 2.24 bits per heavy atom. The largest absolute Gasteiger partial charge is 0.488 e. The van der Waals surface area contributed by atoms with Crippen molar-refractivity contribution in [2.75, 3.05) is 6.61 Å². The summed E-state index contributed by atoms with van der Waals surface area (Å²) in [6, 6.07) is 6.18. The van der Waals surface area contributed by atoms with Gasteiger partial charge in [-0.2, -0.15) is 0 Å². The summed E-state index contributed by atoms with van der Waals surface area (Å²) >= 11 is 3.41. The van der Waals surface area contributed by atoms with Crippen molar-refractivity contribution in [2.24, 2.45) is 0 Å². The predicted molar refractivity (Wildman–Crippen MR) is 68.8 cm³/mol. The van der Waals surface area contributed by atoms with Crippen molar-refractivity contribution >= 4 is 27.9 Å². The van der Waals surface area contributed by atoms with E-state index in [2.05, 4.69) is 21.2 Å². The van der Waals surface area contributed by atoms with Gasteiger partial charge in [-0.25, -0.2) is 0 Å². The molecule has 1 aromatic carbocycles. The van der Waals surface area contributed by atoms with E-state index in [1.54, 1.807) is 0 Å². The predicted octanol–water partition coefficient (Wildman–Crippen LogP) is 2.50. The number of hydrogen-bond donors (Lipinski definition) is 1. The third kappa shape index (κ3) is 2.36. The summed E-state index contributed by atoms with van der Waals surface area (Å²) in [6.07, 6.45) is 4.10. The Balaban J connectivity index is 1.85. The van der Waals surface area contributed by atoms with E-state index in [4.69, 9.17) is 4.74 Å². The molecule has 0 saturated heterocycles. The Hall–Kier alpha value is -1.29. The van der Waals surface area contributed by atoms with E-state index < -0.39 is 0 Å². The molecule has 1 N–H and O–H groups in total. The second kappa shape index (κ2) is 4.18. The van der Waals surface area contributed by atoms with Gasteiger partial charge in [-0.1, -0.05) is 15.9 Å². The van der Waals surface area contributed by atoms with Crippen LogP contribution in [0.15, 0.2) is 28.2 Å². The van der Waals surface area contributed by atoms with Crippen LogP contribution in [0.5, 0.6) is 5.75 Å². The number of benzene rings is 1. The van der Waals surface area contributed by atoms with Gasteiger partial charge in [0.25, 0.3) is 5.91 Å². The summed E-state index contributed by atoms with van der Waals surface area (Å²) in [4.78, 5) is 11.9. The number of nitrogens with one attached hydrogen (secondary N) is 1. The first-order valence-corrected chi connectivity index (χ1v) is 6.45. The number of carbonyl (C=O) groups excluding carboxylic acids is 1. The molecule has 88 valence electrons. The monoisotopic (exact) mass is 293 g/mol. The minimum Gasteiger partial charge on any atom is -0.488 e. The number of amides is 1. The maximum absolute atomic E-state index is 11.9. The molecule has 0 aromatic heterocycles. The van der Waals surface area contributed by atoms with E-state index >= 15 is 0 Å². The van der Waals surface area contributed by atoms with Crippen molar-refractivity contribution in [3.05, 3.63) is 33.8 Å². The van der Waals surface area contributed by atoms with Crippen LogP contribution >= 0.6 is 15.9 Å². The molecule has 4 heteroatoms. The van der Waals surface area contributed by atoms with Crippen LogP contribution < -0.4 is 10.1 Å².